The van der Waals surface area contributed by atoms with Gasteiger partial charge in [0.15, 0.2) is 0 Å². The molecule has 0 aliphatic heterocycles. The first kappa shape index (κ1) is 13.8. The molecule has 21 heavy (non-hydrogen) atoms. The van der Waals surface area contributed by atoms with E-state index in [4.69, 9.17) is 0 Å². The molecule has 1 aliphatic rings. The van der Waals surface area contributed by atoms with E-state index >= 15 is 0 Å². The summed E-state index contributed by atoms with van der Waals surface area (Å²) in [4.78, 5) is 0. The Morgan fingerprint density at radius 1 is 0.762 bits per heavy atom. The molecule has 0 spiro atoms. The Morgan fingerprint density at radius 3 is 1.81 bits per heavy atom. The van der Waals surface area contributed by atoms with Gasteiger partial charge in [-0.05, 0) is 35.4 Å². The second-order valence-electron chi connectivity index (χ2n) is 5.02. The maximum absolute atomic E-state index is 4.25. The van der Waals surface area contributed by atoms with Gasteiger partial charge in [0.2, 0.25) is 0 Å². The summed E-state index contributed by atoms with van der Waals surface area (Å²) in [6.45, 7) is 0. The molecular weight excluding hydrogens is 272 g/mol. The minimum Gasteiger partial charge on any atom is -0.175 e. The minimum absolute atomic E-state index is 0.417. The number of hydrogen-bond donors (Lipinski definition) is 1. The van der Waals surface area contributed by atoms with Crippen LogP contribution >= 0.6 is 12.6 Å². The van der Waals surface area contributed by atoms with Gasteiger partial charge in [0.05, 0.1) is 0 Å². The molecule has 0 saturated carbocycles. The second-order valence-corrected chi connectivity index (χ2v) is 5.34. The van der Waals surface area contributed by atoms with Crippen LogP contribution in [0.25, 0.3) is 0 Å². The summed E-state index contributed by atoms with van der Waals surface area (Å²) >= 11 is 4.25. The molecule has 0 nitrogen and oxygen atoms in total. The van der Waals surface area contributed by atoms with E-state index in [0.29, 0.717) is 5.92 Å². The van der Waals surface area contributed by atoms with Crippen LogP contribution in [0.15, 0.2) is 72.8 Å². The zero-order chi connectivity index (χ0) is 14.5. The van der Waals surface area contributed by atoms with Crippen LogP contribution in [0.3, 0.4) is 0 Å². The second kappa shape index (κ2) is 6.52. The molecular formula is C20H16S. The molecule has 0 bridgehead atoms. The summed E-state index contributed by atoms with van der Waals surface area (Å²) < 4.78 is 0. The van der Waals surface area contributed by atoms with Gasteiger partial charge in [-0.1, -0.05) is 60.4 Å². The lowest BCUT2D eigenvalue weighted by Gasteiger charge is -2.05. The van der Waals surface area contributed by atoms with Gasteiger partial charge >= 0.3 is 0 Å². The van der Waals surface area contributed by atoms with Crippen LogP contribution in [-0.2, 0) is 5.75 Å². The zero-order valence-electron chi connectivity index (χ0n) is 11.7. The van der Waals surface area contributed by atoms with Crippen LogP contribution in [0.5, 0.6) is 0 Å². The summed E-state index contributed by atoms with van der Waals surface area (Å²) in [5.41, 5.74) is 4.60. The zero-order valence-corrected chi connectivity index (χ0v) is 12.6. The maximum atomic E-state index is 4.25. The van der Waals surface area contributed by atoms with Gasteiger partial charge in [0, 0.05) is 22.8 Å². The van der Waals surface area contributed by atoms with E-state index in [0.717, 1.165) is 16.9 Å². The minimum atomic E-state index is 0.417. The number of allylic oxidation sites excluding steroid dienone is 4. The fourth-order valence-corrected chi connectivity index (χ4v) is 2.49. The van der Waals surface area contributed by atoms with Gasteiger partial charge in [-0.2, -0.15) is 12.6 Å². The predicted molar refractivity (Wildman–Crippen MR) is 92.6 cm³/mol. The molecule has 0 fully saturated rings. The van der Waals surface area contributed by atoms with Crippen LogP contribution in [0.1, 0.15) is 28.2 Å². The van der Waals surface area contributed by atoms with Crippen molar-refractivity contribution in [2.75, 3.05) is 0 Å². The van der Waals surface area contributed by atoms with Crippen LogP contribution in [0, 0.1) is 11.8 Å². The highest BCUT2D eigenvalue weighted by atomic mass is 32.1. The van der Waals surface area contributed by atoms with Gasteiger partial charge in [-0.3, -0.25) is 0 Å². The van der Waals surface area contributed by atoms with Crippen molar-refractivity contribution < 1.29 is 0 Å². The van der Waals surface area contributed by atoms with Crippen molar-refractivity contribution in [3.05, 3.63) is 95.1 Å². The topological polar surface area (TPSA) is 0 Å². The molecule has 0 amide bonds. The third-order valence-electron chi connectivity index (χ3n) is 3.53. The van der Waals surface area contributed by atoms with E-state index < -0.39 is 0 Å². The van der Waals surface area contributed by atoms with Crippen molar-refractivity contribution in [1.29, 1.82) is 0 Å². The van der Waals surface area contributed by atoms with Crippen molar-refractivity contribution in [1.82, 2.24) is 0 Å². The van der Waals surface area contributed by atoms with E-state index in [1.165, 1.54) is 11.1 Å². The Kier molecular flexibility index (Phi) is 4.28. The molecule has 102 valence electrons. The Labute approximate surface area is 131 Å². The quantitative estimate of drug-likeness (QED) is 0.599. The molecule has 0 heterocycles. The Bertz CT molecular complexity index is 710. The monoisotopic (exact) mass is 288 g/mol. The number of rotatable bonds is 2. The van der Waals surface area contributed by atoms with Crippen molar-refractivity contribution in [2.24, 2.45) is 0 Å². The van der Waals surface area contributed by atoms with Crippen molar-refractivity contribution in [3.63, 3.8) is 0 Å². The molecule has 0 atom stereocenters. The average Bonchev–Trinajstić information content (AvgIpc) is 3.08. The smallest absolute Gasteiger partial charge is 0.0249 e. The molecule has 2 aromatic carbocycles. The van der Waals surface area contributed by atoms with Crippen LogP contribution in [0.2, 0.25) is 0 Å². The summed E-state index contributed by atoms with van der Waals surface area (Å²) in [6.07, 6.45) is 8.58. The fraction of sp³-hybridized carbons (Fsp3) is 0.100. The Hall–Kier alpha value is -2.17. The molecule has 3 rings (SSSR count). The van der Waals surface area contributed by atoms with E-state index in [2.05, 4.69) is 85.2 Å². The lowest BCUT2D eigenvalue weighted by Crippen LogP contribution is -1.88. The Morgan fingerprint density at radius 2 is 1.29 bits per heavy atom. The lowest BCUT2D eigenvalue weighted by molar-refractivity contribution is 1.10. The van der Waals surface area contributed by atoms with Crippen LogP contribution in [-0.4, -0.2) is 0 Å². The highest BCUT2D eigenvalue weighted by molar-refractivity contribution is 7.79. The molecule has 0 saturated heterocycles. The molecule has 1 aliphatic carbocycles. The van der Waals surface area contributed by atoms with Gasteiger partial charge < -0.3 is 0 Å². The first-order valence-electron chi connectivity index (χ1n) is 7.02. The third kappa shape index (κ3) is 3.48. The first-order valence-corrected chi connectivity index (χ1v) is 7.65. The number of hydrogen-bond acceptors (Lipinski definition) is 1. The molecule has 0 radical (unpaired) electrons. The van der Waals surface area contributed by atoms with E-state index in [1.54, 1.807) is 0 Å². The first-order chi connectivity index (χ1) is 10.3. The largest absolute Gasteiger partial charge is 0.175 e. The van der Waals surface area contributed by atoms with Gasteiger partial charge in [-0.25, -0.2) is 0 Å². The maximum Gasteiger partial charge on any atom is 0.0249 e. The highest BCUT2D eigenvalue weighted by Gasteiger charge is 2.05. The number of benzene rings is 2. The summed E-state index contributed by atoms with van der Waals surface area (Å²) in [5, 5.41) is 0. The van der Waals surface area contributed by atoms with Crippen molar-refractivity contribution >= 4 is 12.6 Å². The Balaban J connectivity index is 1.74. The van der Waals surface area contributed by atoms with Crippen molar-refractivity contribution in [2.45, 2.75) is 11.7 Å². The van der Waals surface area contributed by atoms with Crippen molar-refractivity contribution in [3.8, 4) is 11.8 Å². The highest BCUT2D eigenvalue weighted by Crippen LogP contribution is 2.22. The lowest BCUT2D eigenvalue weighted by atomic mass is 10.00. The predicted octanol–water partition coefficient (Wildman–Crippen LogP) is 4.73. The van der Waals surface area contributed by atoms with E-state index in [1.807, 2.05) is 12.1 Å². The molecule has 1 heteroatoms. The summed E-state index contributed by atoms with van der Waals surface area (Å²) in [7, 11) is 0. The van der Waals surface area contributed by atoms with E-state index in [9.17, 15) is 0 Å². The fourth-order valence-electron chi connectivity index (χ4n) is 2.28. The van der Waals surface area contributed by atoms with Gasteiger partial charge in [0.25, 0.3) is 0 Å². The molecule has 0 aromatic heterocycles. The van der Waals surface area contributed by atoms with Crippen LogP contribution < -0.4 is 0 Å². The molecule has 2 aromatic rings. The SMILES string of the molecule is SCc1ccc(C#Cc2ccc(C3C=CC=C3)cc2)cc1. The molecule has 0 unspecified atom stereocenters. The van der Waals surface area contributed by atoms with Crippen LogP contribution in [0.4, 0.5) is 0 Å². The third-order valence-corrected chi connectivity index (χ3v) is 3.90. The summed E-state index contributed by atoms with van der Waals surface area (Å²) in [6, 6.07) is 16.7. The normalized spacial score (nSPS) is 13.2. The standard InChI is InChI=1S/C20H16S/c21-15-18-9-7-16(8-10-18)5-6-17-11-13-20(14-12-17)19-3-1-2-4-19/h1-4,7-14,19,21H,15H2. The number of thiol groups is 1. The molecule has 0 N–H and O–H groups in total. The van der Waals surface area contributed by atoms with Gasteiger partial charge in [-0.15, -0.1) is 0 Å². The summed E-state index contributed by atoms with van der Waals surface area (Å²) in [5.74, 6) is 7.59. The van der Waals surface area contributed by atoms with Gasteiger partial charge in [0.1, 0.15) is 0 Å². The van der Waals surface area contributed by atoms with E-state index in [-0.39, 0.29) is 0 Å². The average molecular weight is 288 g/mol.